The quantitative estimate of drug-likeness (QED) is 0.132. The fraction of sp³-hybridized carbons (Fsp3) is 0.278. The van der Waals surface area contributed by atoms with Crippen molar-refractivity contribution in [3.63, 3.8) is 0 Å². The number of rotatable bonds is 10. The van der Waals surface area contributed by atoms with Gasteiger partial charge in [-0.25, -0.2) is 13.8 Å². The summed E-state index contributed by atoms with van der Waals surface area (Å²) in [4.78, 5) is 30.6. The number of nitrogens with one attached hydrogen (secondary N) is 2. The maximum absolute atomic E-state index is 14.2. The fourth-order valence-corrected chi connectivity index (χ4v) is 6.27. The van der Waals surface area contributed by atoms with Crippen LogP contribution in [0.2, 0.25) is 0 Å². The Morgan fingerprint density at radius 1 is 1.09 bits per heavy atom. The Kier molecular flexibility index (Phi) is 9.24. The van der Waals surface area contributed by atoms with Gasteiger partial charge in [-0.05, 0) is 79.8 Å². The summed E-state index contributed by atoms with van der Waals surface area (Å²) < 4.78 is 37.2. The van der Waals surface area contributed by atoms with E-state index in [4.69, 9.17) is 4.74 Å². The molecule has 11 heteroatoms. The van der Waals surface area contributed by atoms with Crippen LogP contribution in [0.4, 0.5) is 14.5 Å². The summed E-state index contributed by atoms with van der Waals surface area (Å²) in [6.07, 6.45) is 8.12. The van der Waals surface area contributed by atoms with E-state index >= 15 is 0 Å². The van der Waals surface area contributed by atoms with Crippen LogP contribution in [0.25, 0.3) is 27.7 Å². The van der Waals surface area contributed by atoms with Gasteiger partial charge in [0.15, 0.2) is 0 Å². The topological polar surface area (TPSA) is 113 Å². The lowest BCUT2D eigenvalue weighted by atomic mass is 9.93. The summed E-state index contributed by atoms with van der Waals surface area (Å²) in [5, 5.41) is 16.0. The zero-order chi connectivity index (χ0) is 33.1. The van der Waals surface area contributed by atoms with E-state index < -0.39 is 6.43 Å². The van der Waals surface area contributed by atoms with Crippen molar-refractivity contribution in [3.8, 4) is 17.2 Å². The van der Waals surface area contributed by atoms with Crippen LogP contribution in [0.1, 0.15) is 59.3 Å². The van der Waals surface area contributed by atoms with Crippen molar-refractivity contribution in [2.75, 3.05) is 19.0 Å². The highest BCUT2D eigenvalue weighted by molar-refractivity contribution is 6.10. The van der Waals surface area contributed by atoms with Gasteiger partial charge in [0.2, 0.25) is 11.7 Å². The predicted molar refractivity (Wildman–Crippen MR) is 175 cm³/mol. The Balaban J connectivity index is 1.19. The number of benzene rings is 2. The lowest BCUT2D eigenvalue weighted by Gasteiger charge is -2.27. The molecule has 0 unspecified atom stereocenters. The zero-order valence-corrected chi connectivity index (χ0v) is 26.0. The third-order valence-corrected chi connectivity index (χ3v) is 8.81. The number of halogens is 2. The van der Waals surface area contributed by atoms with E-state index in [2.05, 4.69) is 21.7 Å². The number of hydrogen-bond acceptors (Lipinski definition) is 6. The molecule has 0 spiro atoms. The van der Waals surface area contributed by atoms with Crippen LogP contribution in [-0.4, -0.2) is 51.4 Å². The van der Waals surface area contributed by atoms with Gasteiger partial charge < -0.3 is 24.3 Å². The highest BCUT2D eigenvalue weighted by Gasteiger charge is 2.22. The minimum absolute atomic E-state index is 0.129. The number of methoxy groups -OCH3 is 1. The Labute approximate surface area is 270 Å². The van der Waals surface area contributed by atoms with Gasteiger partial charge in [0.25, 0.3) is 6.43 Å². The fourth-order valence-electron chi connectivity index (χ4n) is 6.27. The van der Waals surface area contributed by atoms with Gasteiger partial charge in [-0.1, -0.05) is 12.1 Å². The van der Waals surface area contributed by atoms with Crippen molar-refractivity contribution in [2.45, 2.75) is 44.3 Å². The summed E-state index contributed by atoms with van der Waals surface area (Å²) in [6.45, 7) is 0.544. The van der Waals surface area contributed by atoms with Crippen LogP contribution < -0.4 is 10.6 Å². The number of fused-ring (bicyclic) bond motifs is 2. The summed E-state index contributed by atoms with van der Waals surface area (Å²) in [6, 6.07) is 16.8. The van der Waals surface area contributed by atoms with Crippen molar-refractivity contribution < 1.29 is 23.1 Å². The molecule has 0 bridgehead atoms. The Bertz CT molecular complexity index is 2030. The van der Waals surface area contributed by atoms with Gasteiger partial charge in [0.1, 0.15) is 6.07 Å². The van der Waals surface area contributed by atoms with E-state index in [1.165, 1.54) is 24.3 Å². The summed E-state index contributed by atoms with van der Waals surface area (Å²) in [7, 11) is 3.49. The van der Waals surface area contributed by atoms with E-state index in [1.807, 2.05) is 0 Å². The second-order valence-corrected chi connectivity index (χ2v) is 11.7. The number of aromatic nitrogens is 3. The molecular weight excluding hydrogens is 602 g/mol. The van der Waals surface area contributed by atoms with Gasteiger partial charge in [0, 0.05) is 55.7 Å². The maximum atomic E-state index is 14.2. The molecule has 240 valence electrons. The Morgan fingerprint density at radius 2 is 1.89 bits per heavy atom. The first-order valence-electron chi connectivity index (χ1n) is 15.4. The number of alkyl halides is 2. The SMILES string of the molecule is CO[C@H]1CC[C@H](NC/C=C/C(=O)Nc2ccc(C(=O)c3ccc4c(-c5cc6ncn(C)c6cc5C(F)F)cccn34)cc2C#N)CC1. The molecular formula is C36H34F2N6O3. The molecule has 0 saturated heterocycles. The van der Waals surface area contributed by atoms with E-state index in [9.17, 15) is 23.6 Å². The first kappa shape index (κ1) is 31.8. The standard InChI is InChI=1S/C36H34F2N6O3/c1-43-21-41-30-18-27(28(36(37)38)19-33(30)43)26-5-4-16-44-31(26)13-14-32(44)35(46)22-7-12-29(23(17-22)20-39)42-34(45)6-3-15-40-24-8-10-25(47-2)11-9-24/h3-7,12-14,16-19,21,24-25,36,40H,8-11,15H2,1-2H3,(H,42,45)/b6-3+/t24-,25-. The number of nitrogens with zero attached hydrogens (tertiary/aromatic N) is 4. The van der Waals surface area contributed by atoms with E-state index in [1.54, 1.807) is 78.1 Å². The van der Waals surface area contributed by atoms with Crippen LogP contribution in [0.15, 0.2) is 79.3 Å². The maximum Gasteiger partial charge on any atom is 0.264 e. The number of nitriles is 1. The van der Waals surface area contributed by atoms with Gasteiger partial charge in [-0.15, -0.1) is 0 Å². The van der Waals surface area contributed by atoms with Crippen molar-refractivity contribution in [2.24, 2.45) is 7.05 Å². The molecule has 0 radical (unpaired) electrons. The normalized spacial score (nSPS) is 16.7. The van der Waals surface area contributed by atoms with Gasteiger partial charge >= 0.3 is 0 Å². The molecule has 0 atom stereocenters. The van der Waals surface area contributed by atoms with E-state index in [0.717, 1.165) is 25.7 Å². The summed E-state index contributed by atoms with van der Waals surface area (Å²) in [5.41, 5.74) is 3.46. The van der Waals surface area contributed by atoms with Crippen molar-refractivity contribution in [1.29, 1.82) is 5.26 Å². The molecule has 1 fully saturated rings. The number of hydrogen-bond donors (Lipinski definition) is 2. The van der Waals surface area contributed by atoms with Gasteiger partial charge in [-0.2, -0.15) is 5.26 Å². The number of pyridine rings is 1. The van der Waals surface area contributed by atoms with Gasteiger partial charge in [-0.3, -0.25) is 9.59 Å². The molecule has 1 aliphatic rings. The number of aryl methyl sites for hydroxylation is 1. The molecule has 1 aliphatic carbocycles. The third-order valence-electron chi connectivity index (χ3n) is 8.81. The molecule has 5 aromatic rings. The first-order valence-corrected chi connectivity index (χ1v) is 15.4. The largest absolute Gasteiger partial charge is 0.381 e. The first-order chi connectivity index (χ1) is 22.8. The average molecular weight is 637 g/mol. The number of amides is 1. The van der Waals surface area contributed by atoms with Crippen LogP contribution in [0.3, 0.4) is 0 Å². The summed E-state index contributed by atoms with van der Waals surface area (Å²) in [5.74, 6) is -0.751. The van der Waals surface area contributed by atoms with Crippen molar-refractivity contribution in [1.82, 2.24) is 19.3 Å². The number of carbonyl (C=O) groups is 2. The number of imidazole rings is 1. The molecule has 2 N–H and O–H groups in total. The van der Waals surface area contributed by atoms with Crippen molar-refractivity contribution in [3.05, 3.63) is 102 Å². The van der Waals surface area contributed by atoms with Crippen LogP contribution in [0, 0.1) is 11.3 Å². The zero-order valence-electron chi connectivity index (χ0n) is 26.0. The third kappa shape index (κ3) is 6.56. The molecule has 9 nitrogen and oxygen atoms in total. The number of ketones is 1. The van der Waals surface area contributed by atoms with Crippen LogP contribution in [-0.2, 0) is 16.6 Å². The molecule has 47 heavy (non-hydrogen) atoms. The number of carbonyl (C=O) groups excluding carboxylic acids is 2. The lowest BCUT2D eigenvalue weighted by Crippen LogP contribution is -2.35. The minimum Gasteiger partial charge on any atom is -0.381 e. The predicted octanol–water partition coefficient (Wildman–Crippen LogP) is 6.58. The molecule has 6 rings (SSSR count). The van der Waals surface area contributed by atoms with E-state index in [0.29, 0.717) is 52.1 Å². The van der Waals surface area contributed by atoms with Crippen LogP contribution in [0.5, 0.6) is 0 Å². The molecule has 0 aliphatic heterocycles. The van der Waals surface area contributed by atoms with Gasteiger partial charge in [0.05, 0.1) is 45.9 Å². The van der Waals surface area contributed by atoms with E-state index in [-0.39, 0.29) is 34.1 Å². The van der Waals surface area contributed by atoms with Crippen molar-refractivity contribution >= 4 is 33.9 Å². The molecule has 3 heterocycles. The van der Waals surface area contributed by atoms with Crippen LogP contribution >= 0.6 is 0 Å². The highest BCUT2D eigenvalue weighted by Crippen LogP contribution is 2.37. The second-order valence-electron chi connectivity index (χ2n) is 11.7. The monoisotopic (exact) mass is 636 g/mol. The summed E-state index contributed by atoms with van der Waals surface area (Å²) >= 11 is 0. The molecule has 3 aromatic heterocycles. The molecule has 1 amide bonds. The number of ether oxygens (including phenoxy) is 1. The minimum atomic E-state index is -2.72. The average Bonchev–Trinajstić information content (AvgIpc) is 3.69. The lowest BCUT2D eigenvalue weighted by molar-refractivity contribution is -0.111. The highest BCUT2D eigenvalue weighted by atomic mass is 19.3. The molecule has 2 aromatic carbocycles. The Hall–Kier alpha value is -5.18. The smallest absolute Gasteiger partial charge is 0.264 e. The Morgan fingerprint density at radius 3 is 2.64 bits per heavy atom. The molecule has 1 saturated carbocycles. The second kappa shape index (κ2) is 13.7. The number of anilines is 1.